The van der Waals surface area contributed by atoms with Crippen LogP contribution in [0.15, 0.2) is 34.3 Å². The molecule has 33 heavy (non-hydrogen) atoms. The third kappa shape index (κ3) is 4.28. The van der Waals surface area contributed by atoms with Gasteiger partial charge in [-0.05, 0) is 51.2 Å². The molecule has 0 aromatic rings. The van der Waals surface area contributed by atoms with Crippen molar-refractivity contribution in [3.05, 3.63) is 34.3 Å². The maximum absolute atomic E-state index is 12.9. The van der Waals surface area contributed by atoms with Crippen LogP contribution < -0.4 is 0 Å². The Bertz CT molecular complexity index is 920. The van der Waals surface area contributed by atoms with Crippen LogP contribution in [0.5, 0.6) is 0 Å². The molecule has 7 nitrogen and oxygen atoms in total. The van der Waals surface area contributed by atoms with E-state index in [0.717, 1.165) is 6.42 Å². The molecule has 0 spiro atoms. The molecule has 0 aromatic heterocycles. The van der Waals surface area contributed by atoms with Gasteiger partial charge in [-0.15, -0.1) is 11.8 Å². The van der Waals surface area contributed by atoms with Gasteiger partial charge in [0.05, 0.1) is 5.57 Å². The zero-order valence-corrected chi connectivity index (χ0v) is 21.2. The summed E-state index contributed by atoms with van der Waals surface area (Å²) in [6, 6.07) is 0. The van der Waals surface area contributed by atoms with Gasteiger partial charge in [-0.2, -0.15) is 0 Å². The standard InChI is InChI=1S/C25H34O7S/c1-8-14(2)22(27)31-21-20-15(3)23(28)32-25(20,29-6)13-17-9-10-18(16(4)24(17,21)5)30-19(26)11-12-33-7/h8,11-12,16-18,21H,9-10,13H2,1-7H3/b12-11-,14-8-/t16-,17+,18-,21+,24-,25-/m0/s1. The molecule has 6 atom stereocenters. The van der Waals surface area contributed by atoms with Crippen molar-refractivity contribution in [3.63, 3.8) is 0 Å². The zero-order valence-electron chi connectivity index (χ0n) is 20.4. The van der Waals surface area contributed by atoms with Gasteiger partial charge in [0.15, 0.2) is 0 Å². The van der Waals surface area contributed by atoms with E-state index < -0.39 is 35.2 Å². The Balaban J connectivity index is 2.06. The van der Waals surface area contributed by atoms with Crippen molar-refractivity contribution in [3.8, 4) is 0 Å². The summed E-state index contributed by atoms with van der Waals surface area (Å²) in [4.78, 5) is 37.9. The molecule has 0 amide bonds. The number of carbonyl (C=O) groups excluding carboxylic acids is 3. The molecule has 182 valence electrons. The molecule has 2 saturated carbocycles. The number of carbonyl (C=O) groups is 3. The molecule has 0 unspecified atom stereocenters. The summed E-state index contributed by atoms with van der Waals surface area (Å²) in [6.45, 7) is 9.24. The SMILES string of the molecule is C/C=C(/C)C(=O)O[C@@H]1C2=C(C)C(=O)O[C@@]2(OC)C[C@H]2CC[C@H](OC(=O)/C=C\SC)[C@H](C)[C@@]21C. The van der Waals surface area contributed by atoms with Gasteiger partial charge < -0.3 is 18.9 Å². The lowest BCUT2D eigenvalue weighted by Crippen LogP contribution is -2.62. The lowest BCUT2D eigenvalue weighted by molar-refractivity contribution is -0.244. The van der Waals surface area contributed by atoms with E-state index >= 15 is 0 Å². The number of thioether (sulfide) groups is 1. The summed E-state index contributed by atoms with van der Waals surface area (Å²) in [5, 5.41) is 1.69. The first-order chi connectivity index (χ1) is 15.5. The van der Waals surface area contributed by atoms with Crippen LogP contribution in [0.4, 0.5) is 0 Å². The molecule has 2 fully saturated rings. The minimum absolute atomic E-state index is 0.0234. The summed E-state index contributed by atoms with van der Waals surface area (Å²) < 4.78 is 23.5. The minimum Gasteiger partial charge on any atom is -0.459 e. The van der Waals surface area contributed by atoms with E-state index in [9.17, 15) is 14.4 Å². The summed E-state index contributed by atoms with van der Waals surface area (Å²) >= 11 is 1.43. The maximum Gasteiger partial charge on any atom is 0.336 e. The minimum atomic E-state index is -1.25. The van der Waals surface area contributed by atoms with Crippen molar-refractivity contribution >= 4 is 29.7 Å². The summed E-state index contributed by atoms with van der Waals surface area (Å²) in [7, 11) is 1.51. The first-order valence-electron chi connectivity index (χ1n) is 11.3. The number of hydrogen-bond acceptors (Lipinski definition) is 8. The molecular weight excluding hydrogens is 444 g/mol. The van der Waals surface area contributed by atoms with E-state index in [4.69, 9.17) is 18.9 Å². The molecule has 0 radical (unpaired) electrons. The van der Waals surface area contributed by atoms with Crippen LogP contribution in [-0.2, 0) is 33.3 Å². The van der Waals surface area contributed by atoms with Crippen LogP contribution in [0.2, 0.25) is 0 Å². The van der Waals surface area contributed by atoms with Gasteiger partial charge in [-0.25, -0.2) is 14.4 Å². The zero-order chi connectivity index (χ0) is 24.6. The molecule has 2 aliphatic carbocycles. The van der Waals surface area contributed by atoms with E-state index in [1.165, 1.54) is 24.9 Å². The number of allylic oxidation sites excluding steroid dienone is 1. The lowest BCUT2D eigenvalue weighted by atomic mass is 9.51. The first kappa shape index (κ1) is 25.6. The summed E-state index contributed by atoms with van der Waals surface area (Å²) in [5.74, 6) is -2.67. The Hall–Kier alpha value is -2.06. The quantitative estimate of drug-likeness (QED) is 0.317. The Labute approximate surface area is 199 Å². The van der Waals surface area contributed by atoms with Crippen molar-refractivity contribution in [2.75, 3.05) is 13.4 Å². The average molecular weight is 479 g/mol. The van der Waals surface area contributed by atoms with E-state index in [1.54, 1.807) is 32.3 Å². The third-order valence-electron chi connectivity index (χ3n) is 7.86. The van der Waals surface area contributed by atoms with Crippen molar-refractivity contribution in [1.29, 1.82) is 0 Å². The number of rotatable bonds is 6. The highest BCUT2D eigenvalue weighted by molar-refractivity contribution is 8.01. The van der Waals surface area contributed by atoms with E-state index in [2.05, 4.69) is 6.92 Å². The van der Waals surface area contributed by atoms with Gasteiger partial charge in [-0.1, -0.05) is 19.9 Å². The second-order valence-electron chi connectivity index (χ2n) is 9.29. The van der Waals surface area contributed by atoms with Gasteiger partial charge in [0.25, 0.3) is 0 Å². The normalized spacial score (nSPS) is 36.3. The average Bonchev–Trinajstić information content (AvgIpc) is 3.05. The molecule has 3 aliphatic rings. The van der Waals surface area contributed by atoms with E-state index in [0.29, 0.717) is 29.6 Å². The molecule has 3 rings (SSSR count). The Morgan fingerprint density at radius 3 is 2.55 bits per heavy atom. The first-order valence-corrected chi connectivity index (χ1v) is 12.6. The van der Waals surface area contributed by atoms with Crippen molar-refractivity contribution < 1.29 is 33.3 Å². The van der Waals surface area contributed by atoms with Crippen LogP contribution >= 0.6 is 11.8 Å². The lowest BCUT2D eigenvalue weighted by Gasteiger charge is -2.58. The fraction of sp³-hybridized carbons (Fsp3) is 0.640. The maximum atomic E-state index is 12.9. The highest BCUT2D eigenvalue weighted by Crippen LogP contribution is 2.61. The Morgan fingerprint density at radius 2 is 1.94 bits per heavy atom. The molecule has 8 heteroatoms. The van der Waals surface area contributed by atoms with Gasteiger partial charge in [0, 0.05) is 42.1 Å². The van der Waals surface area contributed by atoms with Gasteiger partial charge in [0.1, 0.15) is 12.2 Å². The second kappa shape index (κ2) is 9.66. The Kier molecular flexibility index (Phi) is 7.49. The van der Waals surface area contributed by atoms with Crippen LogP contribution in [0, 0.1) is 17.3 Å². The van der Waals surface area contributed by atoms with Gasteiger partial charge >= 0.3 is 17.9 Å². The molecule has 0 bridgehead atoms. The van der Waals surface area contributed by atoms with Crippen molar-refractivity contribution in [1.82, 2.24) is 0 Å². The summed E-state index contributed by atoms with van der Waals surface area (Å²) in [5.41, 5.74) is 0.845. The van der Waals surface area contributed by atoms with E-state index in [1.807, 2.05) is 13.2 Å². The number of ether oxygens (including phenoxy) is 4. The van der Waals surface area contributed by atoms with Crippen molar-refractivity contribution in [2.45, 2.75) is 71.9 Å². The van der Waals surface area contributed by atoms with Crippen molar-refractivity contribution in [2.24, 2.45) is 17.3 Å². The largest absolute Gasteiger partial charge is 0.459 e. The second-order valence-corrected chi connectivity index (χ2v) is 10.0. The van der Waals surface area contributed by atoms with Crippen LogP contribution in [0.1, 0.15) is 53.9 Å². The predicted molar refractivity (Wildman–Crippen MR) is 125 cm³/mol. The molecule has 0 saturated heterocycles. The van der Waals surface area contributed by atoms with Crippen LogP contribution in [-0.4, -0.2) is 49.3 Å². The molecule has 0 aromatic carbocycles. The highest BCUT2D eigenvalue weighted by atomic mass is 32.2. The molecule has 0 N–H and O–H groups in total. The smallest absolute Gasteiger partial charge is 0.336 e. The number of fused-ring (bicyclic) bond motifs is 2. The van der Waals surface area contributed by atoms with Crippen LogP contribution in [0.25, 0.3) is 0 Å². The Morgan fingerprint density at radius 1 is 1.24 bits per heavy atom. The number of methoxy groups -OCH3 is 1. The monoisotopic (exact) mass is 478 g/mol. The van der Waals surface area contributed by atoms with Crippen LogP contribution in [0.3, 0.4) is 0 Å². The van der Waals surface area contributed by atoms with Gasteiger partial charge in [-0.3, -0.25) is 0 Å². The van der Waals surface area contributed by atoms with E-state index in [-0.39, 0.29) is 17.9 Å². The fourth-order valence-electron chi connectivity index (χ4n) is 5.55. The topological polar surface area (TPSA) is 88.1 Å². The molecule has 1 aliphatic heterocycles. The number of hydrogen-bond donors (Lipinski definition) is 0. The third-order valence-corrected chi connectivity index (χ3v) is 8.26. The predicted octanol–water partition coefficient (Wildman–Crippen LogP) is 4.33. The number of esters is 3. The van der Waals surface area contributed by atoms with Gasteiger partial charge in [0.2, 0.25) is 5.79 Å². The molecular formula is C25H34O7S. The fourth-order valence-corrected chi connectivity index (χ4v) is 5.79. The highest BCUT2D eigenvalue weighted by Gasteiger charge is 2.66. The molecule has 1 heterocycles. The summed E-state index contributed by atoms with van der Waals surface area (Å²) in [6.07, 6.45) is 5.73.